The minimum absolute atomic E-state index is 0.0412. The molecule has 0 aliphatic carbocycles. The maximum Gasteiger partial charge on any atom is 0.262 e. The average Bonchev–Trinajstić information content (AvgIpc) is 3.08. The number of fused-ring (bicyclic) bond motifs is 1. The Morgan fingerprint density at radius 1 is 1.35 bits per heavy atom. The summed E-state index contributed by atoms with van der Waals surface area (Å²) < 4.78 is 44.1. The third-order valence-electron chi connectivity index (χ3n) is 4.54. The van der Waals surface area contributed by atoms with Gasteiger partial charge in [-0.05, 0) is 19.4 Å². The van der Waals surface area contributed by atoms with Crippen molar-refractivity contribution in [1.29, 1.82) is 0 Å². The van der Waals surface area contributed by atoms with Crippen molar-refractivity contribution in [3.8, 4) is 11.5 Å². The number of sulfonamides is 1. The monoisotopic (exact) mass is 385 g/mol. The highest BCUT2D eigenvalue weighted by Crippen LogP contribution is 2.37. The van der Waals surface area contributed by atoms with Gasteiger partial charge in [-0.3, -0.25) is 4.79 Å². The predicted molar refractivity (Wildman–Crippen MR) is 94.2 cm³/mol. The molecular formula is C16H23N3O6S. The Morgan fingerprint density at radius 2 is 2.15 bits per heavy atom. The van der Waals surface area contributed by atoms with Gasteiger partial charge in [0.15, 0.2) is 6.61 Å². The number of anilines is 1. The third kappa shape index (κ3) is 3.78. The summed E-state index contributed by atoms with van der Waals surface area (Å²) in [6, 6.07) is 2.81. The number of nitrogens with one attached hydrogen (secondary N) is 3. The Hall–Kier alpha value is -1.88. The molecule has 3 N–H and O–H groups in total. The van der Waals surface area contributed by atoms with Gasteiger partial charge in [0.1, 0.15) is 16.4 Å². The normalized spacial score (nSPS) is 22.5. The minimum atomic E-state index is -3.86. The summed E-state index contributed by atoms with van der Waals surface area (Å²) in [5.41, 5.74) is -0.0429. The number of ether oxygens (including phenoxy) is 3. The van der Waals surface area contributed by atoms with Gasteiger partial charge in [-0.25, -0.2) is 13.1 Å². The molecule has 0 bridgehead atoms. The highest BCUT2D eigenvalue weighted by Gasteiger charge is 2.35. The number of amides is 1. The van der Waals surface area contributed by atoms with Crippen molar-refractivity contribution in [2.45, 2.75) is 23.3 Å². The molecule has 2 heterocycles. The number of benzene rings is 1. The quantitative estimate of drug-likeness (QED) is 0.608. The van der Waals surface area contributed by atoms with E-state index in [0.29, 0.717) is 12.3 Å². The van der Waals surface area contributed by atoms with Crippen molar-refractivity contribution < 1.29 is 27.4 Å². The van der Waals surface area contributed by atoms with Crippen molar-refractivity contribution in [1.82, 2.24) is 10.0 Å². The fraction of sp³-hybridized carbons (Fsp3) is 0.562. The molecule has 9 nitrogen and oxygen atoms in total. The zero-order chi connectivity index (χ0) is 18.8. The maximum atomic E-state index is 12.9. The van der Waals surface area contributed by atoms with E-state index in [1.807, 2.05) is 0 Å². The van der Waals surface area contributed by atoms with Crippen LogP contribution in [0.25, 0.3) is 0 Å². The average molecular weight is 385 g/mol. The molecule has 0 aromatic heterocycles. The smallest absolute Gasteiger partial charge is 0.262 e. The molecule has 3 rings (SSSR count). The first-order chi connectivity index (χ1) is 12.4. The van der Waals surface area contributed by atoms with Crippen LogP contribution in [0.2, 0.25) is 0 Å². The maximum absolute atomic E-state index is 12.9. The molecule has 1 aromatic carbocycles. The number of rotatable bonds is 7. The van der Waals surface area contributed by atoms with Gasteiger partial charge < -0.3 is 24.8 Å². The van der Waals surface area contributed by atoms with E-state index in [1.54, 1.807) is 7.11 Å². The summed E-state index contributed by atoms with van der Waals surface area (Å²) in [7, 11) is -0.893. The number of hydrogen-bond donors (Lipinski definition) is 3. The van der Waals surface area contributed by atoms with Crippen molar-refractivity contribution in [3.05, 3.63) is 12.1 Å². The van der Waals surface area contributed by atoms with Gasteiger partial charge in [-0.15, -0.1) is 0 Å². The van der Waals surface area contributed by atoms with Crippen LogP contribution in [0.4, 0.5) is 5.69 Å². The topological polar surface area (TPSA) is 115 Å². The van der Waals surface area contributed by atoms with Gasteiger partial charge >= 0.3 is 0 Å². The molecule has 1 amide bonds. The summed E-state index contributed by atoms with van der Waals surface area (Å²) in [6.45, 7) is 1.26. The lowest BCUT2D eigenvalue weighted by Gasteiger charge is -2.29. The molecule has 0 saturated carbocycles. The summed E-state index contributed by atoms with van der Waals surface area (Å²) in [6.07, 6.45) is 1.78. The molecule has 1 atom stereocenters. The first-order valence-corrected chi connectivity index (χ1v) is 9.76. The fourth-order valence-electron chi connectivity index (χ4n) is 3.24. The second-order valence-corrected chi connectivity index (χ2v) is 8.14. The van der Waals surface area contributed by atoms with Crippen LogP contribution >= 0.6 is 0 Å². The summed E-state index contributed by atoms with van der Waals surface area (Å²) in [5.74, 6) is 0.112. The Bertz CT molecular complexity index is 789. The second-order valence-electron chi connectivity index (χ2n) is 6.40. The van der Waals surface area contributed by atoms with E-state index in [1.165, 1.54) is 19.2 Å². The predicted octanol–water partition coefficient (Wildman–Crippen LogP) is 0.0730. The lowest BCUT2D eigenvalue weighted by Crippen LogP contribution is -2.52. The van der Waals surface area contributed by atoms with Crippen molar-refractivity contribution in [2.24, 2.45) is 0 Å². The zero-order valence-electron chi connectivity index (χ0n) is 14.8. The lowest BCUT2D eigenvalue weighted by atomic mass is 9.99. The number of carbonyl (C=O) groups is 1. The highest BCUT2D eigenvalue weighted by atomic mass is 32.2. The molecule has 0 spiro atoms. The minimum Gasteiger partial charge on any atom is -0.495 e. The van der Waals surface area contributed by atoms with E-state index >= 15 is 0 Å². The first-order valence-electron chi connectivity index (χ1n) is 8.27. The van der Waals surface area contributed by atoms with Gasteiger partial charge in [0.25, 0.3) is 5.91 Å². The van der Waals surface area contributed by atoms with Crippen molar-refractivity contribution in [2.75, 3.05) is 45.8 Å². The number of methoxy groups -OCH3 is 2. The number of hydrogen-bond acceptors (Lipinski definition) is 7. The molecule has 144 valence electrons. The van der Waals surface area contributed by atoms with E-state index in [2.05, 4.69) is 15.4 Å². The van der Waals surface area contributed by atoms with Gasteiger partial charge in [-0.2, -0.15) is 0 Å². The van der Waals surface area contributed by atoms with E-state index < -0.39 is 15.6 Å². The Balaban J connectivity index is 1.85. The third-order valence-corrected chi connectivity index (χ3v) is 5.96. The van der Waals surface area contributed by atoms with Crippen LogP contribution in [0.5, 0.6) is 11.5 Å². The lowest BCUT2D eigenvalue weighted by molar-refractivity contribution is -0.118. The van der Waals surface area contributed by atoms with Gasteiger partial charge in [0.05, 0.1) is 24.9 Å². The van der Waals surface area contributed by atoms with Gasteiger partial charge in [-0.1, -0.05) is 0 Å². The van der Waals surface area contributed by atoms with E-state index in [9.17, 15) is 13.2 Å². The molecule has 1 unspecified atom stereocenters. The first kappa shape index (κ1) is 18.9. The Labute approximate surface area is 152 Å². The summed E-state index contributed by atoms with van der Waals surface area (Å²) in [4.78, 5) is 11.4. The molecule has 2 aliphatic heterocycles. The van der Waals surface area contributed by atoms with E-state index in [-0.39, 0.29) is 35.5 Å². The Kier molecular flexibility index (Phi) is 5.37. The van der Waals surface area contributed by atoms with E-state index in [4.69, 9.17) is 14.2 Å². The summed E-state index contributed by atoms with van der Waals surface area (Å²) >= 11 is 0. The van der Waals surface area contributed by atoms with Crippen LogP contribution in [0.3, 0.4) is 0 Å². The highest BCUT2D eigenvalue weighted by molar-refractivity contribution is 7.89. The van der Waals surface area contributed by atoms with Gasteiger partial charge in [0.2, 0.25) is 10.0 Å². The Morgan fingerprint density at radius 3 is 2.81 bits per heavy atom. The molecule has 2 aliphatic rings. The largest absolute Gasteiger partial charge is 0.495 e. The SMILES string of the molecule is COCC1(CNS(=O)(=O)c2cc3c(cc2OC)NC(=O)CO3)CCCN1. The summed E-state index contributed by atoms with van der Waals surface area (Å²) in [5, 5.41) is 5.95. The molecule has 1 aromatic rings. The fourth-order valence-corrected chi connectivity index (χ4v) is 4.53. The van der Waals surface area contributed by atoms with Crippen LogP contribution in [0, 0.1) is 0 Å². The molecule has 1 fully saturated rings. The van der Waals surface area contributed by atoms with Crippen LogP contribution < -0.4 is 24.8 Å². The number of carbonyl (C=O) groups excluding carboxylic acids is 1. The van der Waals surface area contributed by atoms with Crippen LogP contribution in [-0.2, 0) is 19.6 Å². The van der Waals surface area contributed by atoms with Gasteiger partial charge in [0, 0.05) is 25.8 Å². The van der Waals surface area contributed by atoms with Crippen molar-refractivity contribution >= 4 is 21.6 Å². The molecule has 26 heavy (non-hydrogen) atoms. The molecule has 0 radical (unpaired) electrons. The van der Waals surface area contributed by atoms with Crippen LogP contribution in [0.15, 0.2) is 17.0 Å². The zero-order valence-corrected chi connectivity index (χ0v) is 15.6. The van der Waals surface area contributed by atoms with Crippen LogP contribution in [-0.4, -0.2) is 60.4 Å². The second kappa shape index (κ2) is 7.39. The molecule has 10 heteroatoms. The molecular weight excluding hydrogens is 362 g/mol. The molecule has 1 saturated heterocycles. The van der Waals surface area contributed by atoms with Crippen molar-refractivity contribution in [3.63, 3.8) is 0 Å². The van der Waals surface area contributed by atoms with Crippen LogP contribution in [0.1, 0.15) is 12.8 Å². The van der Waals surface area contributed by atoms with E-state index in [0.717, 1.165) is 19.4 Å². The standard InChI is InChI=1S/C16H23N3O6S/c1-23-10-16(4-3-5-17-16)9-18-26(21,22)14-7-12-11(6-13(14)24-2)19-15(20)8-25-12/h6-7,17-18H,3-5,8-10H2,1-2H3,(H,19,20).